The molecule has 7 nitrogen and oxygen atoms in total. The Labute approximate surface area is 279 Å². The van der Waals surface area contributed by atoms with Crippen molar-refractivity contribution in [2.45, 2.75) is 50.2 Å². The van der Waals surface area contributed by atoms with Crippen molar-refractivity contribution in [3.05, 3.63) is 129 Å². The first-order valence-corrected chi connectivity index (χ1v) is 16.8. The van der Waals surface area contributed by atoms with Gasteiger partial charge in [0.25, 0.3) is 10.0 Å². The van der Waals surface area contributed by atoms with E-state index in [-0.39, 0.29) is 23.5 Å². The van der Waals surface area contributed by atoms with Gasteiger partial charge in [0.1, 0.15) is 12.6 Å². The van der Waals surface area contributed by atoms with Crippen LogP contribution in [-0.4, -0.2) is 43.3 Å². The van der Waals surface area contributed by atoms with E-state index in [1.54, 1.807) is 54.6 Å². The summed E-state index contributed by atoms with van der Waals surface area (Å²) < 4.78 is 29.1. The van der Waals surface area contributed by atoms with E-state index >= 15 is 0 Å². The number of anilines is 1. The maximum Gasteiger partial charge on any atom is 0.264 e. The molecule has 0 unspecified atom stereocenters. The Morgan fingerprint density at radius 2 is 1.38 bits per heavy atom. The Balaban J connectivity index is 1.85. The second kappa shape index (κ2) is 14.7. The molecular formula is C34H34Cl3N3O4S. The first-order valence-electron chi connectivity index (χ1n) is 14.2. The minimum Gasteiger partial charge on any atom is -0.350 e. The van der Waals surface area contributed by atoms with Crippen LogP contribution in [0.1, 0.15) is 31.9 Å². The van der Waals surface area contributed by atoms with Gasteiger partial charge in [0.2, 0.25) is 11.8 Å². The number of hydrogen-bond donors (Lipinski definition) is 1. The third-order valence-electron chi connectivity index (χ3n) is 6.87. The number of halogens is 3. The number of hydrogen-bond acceptors (Lipinski definition) is 4. The molecule has 1 N–H and O–H groups in total. The zero-order valence-electron chi connectivity index (χ0n) is 25.1. The Morgan fingerprint density at radius 3 is 1.96 bits per heavy atom. The van der Waals surface area contributed by atoms with Gasteiger partial charge in [0.15, 0.2) is 0 Å². The number of amides is 2. The molecule has 11 heteroatoms. The summed E-state index contributed by atoms with van der Waals surface area (Å²) in [7, 11) is -4.25. The summed E-state index contributed by atoms with van der Waals surface area (Å²) in [6.07, 6.45) is 0.152. The second-order valence-corrected chi connectivity index (χ2v) is 14.6. The van der Waals surface area contributed by atoms with Crippen LogP contribution in [0.25, 0.3) is 0 Å². The summed E-state index contributed by atoms with van der Waals surface area (Å²) in [6, 6.07) is 27.2. The summed E-state index contributed by atoms with van der Waals surface area (Å²) in [4.78, 5) is 29.8. The molecule has 0 radical (unpaired) electrons. The highest BCUT2D eigenvalue weighted by molar-refractivity contribution is 7.92. The first-order chi connectivity index (χ1) is 21.3. The molecule has 4 aromatic rings. The van der Waals surface area contributed by atoms with E-state index in [9.17, 15) is 18.0 Å². The van der Waals surface area contributed by atoms with Crippen LogP contribution in [0, 0.1) is 0 Å². The van der Waals surface area contributed by atoms with Gasteiger partial charge in [-0.2, -0.15) is 0 Å². The number of rotatable bonds is 11. The molecule has 45 heavy (non-hydrogen) atoms. The van der Waals surface area contributed by atoms with Gasteiger partial charge < -0.3 is 10.2 Å². The summed E-state index contributed by atoms with van der Waals surface area (Å²) in [5.41, 5.74) is 0.801. The van der Waals surface area contributed by atoms with Gasteiger partial charge in [0.05, 0.1) is 10.6 Å². The van der Waals surface area contributed by atoms with Gasteiger partial charge in [-0.15, -0.1) is 0 Å². The van der Waals surface area contributed by atoms with Crippen LogP contribution in [0.5, 0.6) is 0 Å². The highest BCUT2D eigenvalue weighted by Crippen LogP contribution is 2.30. The molecule has 0 saturated heterocycles. The first kappa shape index (κ1) is 34.3. The highest BCUT2D eigenvalue weighted by atomic mass is 35.5. The number of carbonyl (C=O) groups excluding carboxylic acids is 2. The van der Waals surface area contributed by atoms with Crippen molar-refractivity contribution in [2.24, 2.45) is 0 Å². The number of sulfonamides is 1. The van der Waals surface area contributed by atoms with Crippen molar-refractivity contribution < 1.29 is 18.0 Å². The van der Waals surface area contributed by atoms with Crippen LogP contribution >= 0.6 is 34.8 Å². The Kier molecular flexibility index (Phi) is 11.2. The van der Waals surface area contributed by atoms with Crippen LogP contribution in [0.4, 0.5) is 5.69 Å². The molecule has 0 spiro atoms. The van der Waals surface area contributed by atoms with Crippen molar-refractivity contribution in [1.82, 2.24) is 10.2 Å². The van der Waals surface area contributed by atoms with Crippen molar-refractivity contribution in [2.75, 3.05) is 10.8 Å². The lowest BCUT2D eigenvalue weighted by molar-refractivity contribution is -0.140. The van der Waals surface area contributed by atoms with Crippen LogP contribution < -0.4 is 9.62 Å². The molecule has 0 heterocycles. The minimum atomic E-state index is -4.25. The molecule has 2 amide bonds. The molecule has 1 atom stereocenters. The van der Waals surface area contributed by atoms with Crippen molar-refractivity contribution >= 4 is 62.3 Å². The fourth-order valence-corrected chi connectivity index (χ4v) is 6.87. The van der Waals surface area contributed by atoms with Crippen LogP contribution in [0.3, 0.4) is 0 Å². The molecule has 0 bridgehead atoms. The normalized spacial score (nSPS) is 12.3. The molecule has 0 aliphatic carbocycles. The quantitative estimate of drug-likeness (QED) is 0.178. The predicted molar refractivity (Wildman–Crippen MR) is 181 cm³/mol. The lowest BCUT2D eigenvalue weighted by atomic mass is 10.0. The Bertz CT molecular complexity index is 1730. The third kappa shape index (κ3) is 9.01. The summed E-state index contributed by atoms with van der Waals surface area (Å²) in [6.45, 7) is 4.74. The average Bonchev–Trinajstić information content (AvgIpc) is 2.99. The SMILES string of the molecule is CC(C)(C)NC(=O)[C@@H](Cc1ccccc1)N(Cc1c(Cl)cccc1Cl)C(=O)CN(c1cccc(Cl)c1)S(=O)(=O)c1ccccc1. The average molecular weight is 687 g/mol. The van der Waals surface area contributed by atoms with Gasteiger partial charge in [-0.1, -0.05) is 95.5 Å². The fraction of sp³-hybridized carbons (Fsp3) is 0.235. The summed E-state index contributed by atoms with van der Waals surface area (Å²) in [5, 5.41) is 3.89. The zero-order valence-corrected chi connectivity index (χ0v) is 28.2. The van der Waals surface area contributed by atoms with E-state index in [2.05, 4.69) is 5.32 Å². The van der Waals surface area contributed by atoms with Crippen LogP contribution in [0.2, 0.25) is 15.1 Å². The minimum absolute atomic E-state index is 0.00946. The number of nitrogens with zero attached hydrogens (tertiary/aromatic N) is 2. The zero-order chi connectivity index (χ0) is 32.8. The molecule has 236 valence electrons. The smallest absolute Gasteiger partial charge is 0.264 e. The number of carbonyl (C=O) groups is 2. The largest absolute Gasteiger partial charge is 0.350 e. The monoisotopic (exact) mass is 685 g/mol. The third-order valence-corrected chi connectivity index (χ3v) is 9.60. The van der Waals surface area contributed by atoms with E-state index in [4.69, 9.17) is 34.8 Å². The molecule has 0 aliphatic heterocycles. The summed E-state index contributed by atoms with van der Waals surface area (Å²) >= 11 is 19.4. The lowest BCUT2D eigenvalue weighted by Gasteiger charge is -2.35. The van der Waals surface area contributed by atoms with Crippen molar-refractivity contribution in [3.8, 4) is 0 Å². The molecular weight excluding hydrogens is 653 g/mol. The lowest BCUT2D eigenvalue weighted by Crippen LogP contribution is -2.56. The summed E-state index contributed by atoms with van der Waals surface area (Å²) in [5.74, 6) is -1.06. The topological polar surface area (TPSA) is 86.8 Å². The van der Waals surface area contributed by atoms with Crippen LogP contribution in [0.15, 0.2) is 108 Å². The van der Waals surface area contributed by atoms with Crippen molar-refractivity contribution in [1.29, 1.82) is 0 Å². The maximum atomic E-state index is 14.5. The molecule has 0 fully saturated rings. The Hall–Kier alpha value is -3.56. The number of nitrogens with one attached hydrogen (secondary N) is 1. The molecule has 4 aromatic carbocycles. The Morgan fingerprint density at radius 1 is 0.800 bits per heavy atom. The van der Waals surface area contributed by atoms with E-state index in [0.29, 0.717) is 20.6 Å². The van der Waals surface area contributed by atoms with Gasteiger partial charge >= 0.3 is 0 Å². The molecule has 4 rings (SSSR count). The van der Waals surface area contributed by atoms with E-state index < -0.39 is 40.0 Å². The van der Waals surface area contributed by atoms with Gasteiger partial charge in [-0.05, 0) is 68.8 Å². The van der Waals surface area contributed by atoms with Crippen LogP contribution in [-0.2, 0) is 32.6 Å². The van der Waals surface area contributed by atoms with Crippen molar-refractivity contribution in [3.63, 3.8) is 0 Å². The van der Waals surface area contributed by atoms with E-state index in [1.165, 1.54) is 23.1 Å². The predicted octanol–water partition coefficient (Wildman–Crippen LogP) is 7.40. The highest BCUT2D eigenvalue weighted by Gasteiger charge is 2.36. The molecule has 0 aromatic heterocycles. The number of benzene rings is 4. The van der Waals surface area contributed by atoms with E-state index in [1.807, 2.05) is 51.1 Å². The maximum absolute atomic E-state index is 14.5. The fourth-order valence-electron chi connectivity index (χ4n) is 4.74. The van der Waals surface area contributed by atoms with Gasteiger partial charge in [0, 0.05) is 39.1 Å². The van der Waals surface area contributed by atoms with E-state index in [0.717, 1.165) is 9.87 Å². The molecule has 0 aliphatic rings. The van der Waals surface area contributed by atoms with Gasteiger partial charge in [-0.3, -0.25) is 13.9 Å². The standard InChI is InChI=1S/C34H34Cl3N3O4S/c1-34(2,3)38-33(42)31(20-24-12-6-4-7-13-24)39(22-28-29(36)18-11-19-30(28)37)32(41)23-40(26-15-10-14-25(35)21-26)45(43,44)27-16-8-5-9-17-27/h4-19,21,31H,20,22-23H2,1-3H3,(H,38,42)/t31-/m1/s1. The second-order valence-electron chi connectivity index (χ2n) is 11.5. The molecule has 0 saturated carbocycles. The van der Waals surface area contributed by atoms with Gasteiger partial charge in [-0.25, -0.2) is 8.42 Å².